The number of rotatable bonds is 6. The largest absolute Gasteiger partial charge is 0.372 e. The van der Waals surface area contributed by atoms with E-state index in [0.29, 0.717) is 6.61 Å². The number of nitrogens with one attached hydrogen (secondary N) is 1. The zero-order valence-corrected chi connectivity index (χ0v) is 11.6. The van der Waals surface area contributed by atoms with Crippen LogP contribution in [0.25, 0.3) is 0 Å². The highest BCUT2D eigenvalue weighted by atomic mass is 32.1. The van der Waals surface area contributed by atoms with Crippen LogP contribution in [-0.4, -0.2) is 13.7 Å². The third-order valence-electron chi connectivity index (χ3n) is 2.99. The Bertz CT molecular complexity index is 441. The molecule has 1 N–H and O–H groups in total. The van der Waals surface area contributed by atoms with Crippen molar-refractivity contribution in [1.29, 1.82) is 0 Å². The quantitative estimate of drug-likeness (QED) is 0.854. The number of hydrogen-bond donors (Lipinski definition) is 1. The highest BCUT2D eigenvalue weighted by molar-refractivity contribution is 7.07. The number of hydrogen-bond acceptors (Lipinski definition) is 3. The van der Waals surface area contributed by atoms with E-state index in [4.69, 9.17) is 4.74 Å². The lowest BCUT2D eigenvalue weighted by Gasteiger charge is -2.26. The molecule has 0 amide bonds. The van der Waals surface area contributed by atoms with Crippen molar-refractivity contribution in [2.24, 2.45) is 0 Å². The minimum atomic E-state index is 0.0517. The van der Waals surface area contributed by atoms with E-state index in [1.807, 2.05) is 20.0 Å². The van der Waals surface area contributed by atoms with E-state index < -0.39 is 0 Å². The van der Waals surface area contributed by atoms with E-state index in [1.165, 1.54) is 11.1 Å². The lowest BCUT2D eigenvalue weighted by atomic mass is 9.98. The molecule has 18 heavy (non-hydrogen) atoms. The van der Waals surface area contributed by atoms with Gasteiger partial charge in [-0.1, -0.05) is 30.3 Å². The fourth-order valence-electron chi connectivity index (χ4n) is 2.15. The van der Waals surface area contributed by atoms with Crippen LogP contribution in [0.2, 0.25) is 0 Å². The SMILES string of the molecule is CCOC(c1ccccc1)C(NC)c1ccsc1. The topological polar surface area (TPSA) is 21.3 Å². The Hall–Kier alpha value is -1.16. The maximum atomic E-state index is 5.95. The minimum Gasteiger partial charge on any atom is -0.372 e. The van der Waals surface area contributed by atoms with Crippen LogP contribution in [0.5, 0.6) is 0 Å². The maximum absolute atomic E-state index is 5.95. The summed E-state index contributed by atoms with van der Waals surface area (Å²) in [7, 11) is 1.98. The summed E-state index contributed by atoms with van der Waals surface area (Å²) >= 11 is 1.72. The molecular formula is C15H19NOS. The molecule has 0 saturated carbocycles. The predicted molar refractivity (Wildman–Crippen MR) is 76.9 cm³/mol. The van der Waals surface area contributed by atoms with Gasteiger partial charge in [-0.25, -0.2) is 0 Å². The molecule has 0 spiro atoms. The maximum Gasteiger partial charge on any atom is 0.102 e. The van der Waals surface area contributed by atoms with Crippen molar-refractivity contribution in [1.82, 2.24) is 5.32 Å². The van der Waals surface area contributed by atoms with Crippen LogP contribution in [0.15, 0.2) is 47.2 Å². The first kappa shape index (κ1) is 13.3. The molecule has 0 saturated heterocycles. The van der Waals surface area contributed by atoms with Gasteiger partial charge in [-0.3, -0.25) is 0 Å². The molecule has 1 aromatic carbocycles. The Morgan fingerprint density at radius 3 is 2.50 bits per heavy atom. The Labute approximate surface area is 113 Å². The van der Waals surface area contributed by atoms with Crippen LogP contribution >= 0.6 is 11.3 Å². The van der Waals surface area contributed by atoms with E-state index in [2.05, 4.69) is 46.4 Å². The Kier molecular flexibility index (Phi) is 4.93. The second-order valence-corrected chi connectivity index (χ2v) is 4.89. The summed E-state index contributed by atoms with van der Waals surface area (Å²) in [4.78, 5) is 0. The highest BCUT2D eigenvalue weighted by Gasteiger charge is 2.23. The van der Waals surface area contributed by atoms with Gasteiger partial charge in [0.25, 0.3) is 0 Å². The lowest BCUT2D eigenvalue weighted by Crippen LogP contribution is -2.25. The lowest BCUT2D eigenvalue weighted by molar-refractivity contribution is 0.0348. The zero-order chi connectivity index (χ0) is 12.8. The summed E-state index contributed by atoms with van der Waals surface area (Å²) < 4.78 is 5.95. The van der Waals surface area contributed by atoms with Gasteiger partial charge in [-0.15, -0.1) is 0 Å². The molecule has 2 atom stereocenters. The van der Waals surface area contributed by atoms with Gasteiger partial charge in [0.15, 0.2) is 0 Å². The highest BCUT2D eigenvalue weighted by Crippen LogP contribution is 2.32. The third-order valence-corrected chi connectivity index (χ3v) is 3.69. The van der Waals surface area contributed by atoms with Gasteiger partial charge in [0.2, 0.25) is 0 Å². The van der Waals surface area contributed by atoms with Crippen LogP contribution in [0, 0.1) is 0 Å². The molecule has 1 heterocycles. The van der Waals surface area contributed by atoms with Crippen LogP contribution in [0.3, 0.4) is 0 Å². The first-order valence-electron chi connectivity index (χ1n) is 6.22. The number of likely N-dealkylation sites (N-methyl/N-ethyl adjacent to an activating group) is 1. The molecule has 2 unspecified atom stereocenters. The van der Waals surface area contributed by atoms with Gasteiger partial charge in [0, 0.05) is 6.61 Å². The molecule has 3 heteroatoms. The summed E-state index contributed by atoms with van der Waals surface area (Å²) in [5.74, 6) is 0. The molecule has 0 bridgehead atoms. The summed E-state index contributed by atoms with van der Waals surface area (Å²) in [5.41, 5.74) is 2.50. The van der Waals surface area contributed by atoms with E-state index in [9.17, 15) is 0 Å². The molecular weight excluding hydrogens is 242 g/mol. The van der Waals surface area contributed by atoms with Crippen molar-refractivity contribution in [2.45, 2.75) is 19.1 Å². The standard InChI is InChI=1S/C15H19NOS/c1-3-17-15(12-7-5-4-6-8-12)14(16-2)13-9-10-18-11-13/h4-11,14-16H,3H2,1-2H3. The van der Waals surface area contributed by atoms with E-state index >= 15 is 0 Å². The van der Waals surface area contributed by atoms with Gasteiger partial charge in [0.05, 0.1) is 6.04 Å². The predicted octanol–water partition coefficient (Wildman–Crippen LogP) is 3.79. The van der Waals surface area contributed by atoms with Gasteiger partial charge < -0.3 is 10.1 Å². The number of thiophene rings is 1. The summed E-state index contributed by atoms with van der Waals surface area (Å²) in [5, 5.41) is 7.65. The van der Waals surface area contributed by atoms with Crippen molar-refractivity contribution in [3.8, 4) is 0 Å². The smallest absolute Gasteiger partial charge is 0.102 e. The van der Waals surface area contributed by atoms with Gasteiger partial charge in [0.1, 0.15) is 6.10 Å². The summed E-state index contributed by atoms with van der Waals surface area (Å²) in [6.07, 6.45) is 0.0517. The van der Waals surface area contributed by atoms with Crippen molar-refractivity contribution < 1.29 is 4.74 Å². The van der Waals surface area contributed by atoms with Crippen molar-refractivity contribution in [3.05, 3.63) is 58.3 Å². The Morgan fingerprint density at radius 1 is 1.17 bits per heavy atom. The van der Waals surface area contributed by atoms with E-state index in [0.717, 1.165) is 0 Å². The molecule has 2 aromatic rings. The molecule has 96 valence electrons. The van der Waals surface area contributed by atoms with Crippen molar-refractivity contribution >= 4 is 11.3 Å². The first-order chi connectivity index (χ1) is 8.86. The van der Waals surface area contributed by atoms with Crippen molar-refractivity contribution in [3.63, 3.8) is 0 Å². The molecule has 1 aromatic heterocycles. The fraction of sp³-hybridized carbons (Fsp3) is 0.333. The normalized spacial score (nSPS) is 14.3. The average Bonchev–Trinajstić information content (AvgIpc) is 2.94. The van der Waals surface area contributed by atoms with Crippen LogP contribution < -0.4 is 5.32 Å². The third kappa shape index (κ3) is 2.99. The molecule has 0 fully saturated rings. The number of ether oxygens (including phenoxy) is 1. The van der Waals surface area contributed by atoms with E-state index in [-0.39, 0.29) is 12.1 Å². The minimum absolute atomic E-state index is 0.0517. The van der Waals surface area contributed by atoms with E-state index in [1.54, 1.807) is 11.3 Å². The molecule has 0 aliphatic heterocycles. The summed E-state index contributed by atoms with van der Waals surface area (Å²) in [6, 6.07) is 12.7. The van der Waals surface area contributed by atoms with Crippen molar-refractivity contribution in [2.75, 3.05) is 13.7 Å². The zero-order valence-electron chi connectivity index (χ0n) is 10.8. The Balaban J connectivity index is 2.28. The second-order valence-electron chi connectivity index (χ2n) is 4.11. The molecule has 2 rings (SSSR count). The van der Waals surface area contributed by atoms with Crippen LogP contribution in [-0.2, 0) is 4.74 Å². The molecule has 2 nitrogen and oxygen atoms in total. The molecule has 0 aliphatic rings. The van der Waals surface area contributed by atoms with Crippen LogP contribution in [0.1, 0.15) is 30.2 Å². The van der Waals surface area contributed by atoms with Gasteiger partial charge in [-0.05, 0) is 41.9 Å². The first-order valence-corrected chi connectivity index (χ1v) is 7.17. The monoisotopic (exact) mass is 261 g/mol. The second kappa shape index (κ2) is 6.69. The fourth-order valence-corrected chi connectivity index (χ4v) is 2.85. The van der Waals surface area contributed by atoms with Crippen LogP contribution in [0.4, 0.5) is 0 Å². The Morgan fingerprint density at radius 2 is 1.94 bits per heavy atom. The average molecular weight is 261 g/mol. The van der Waals surface area contributed by atoms with Gasteiger partial charge in [-0.2, -0.15) is 11.3 Å². The number of benzene rings is 1. The molecule has 0 aliphatic carbocycles. The van der Waals surface area contributed by atoms with Gasteiger partial charge >= 0.3 is 0 Å². The molecule has 0 radical (unpaired) electrons. The summed E-state index contributed by atoms with van der Waals surface area (Å²) in [6.45, 7) is 2.75.